The van der Waals surface area contributed by atoms with Gasteiger partial charge in [0.05, 0.1) is 6.42 Å². The van der Waals surface area contributed by atoms with Crippen molar-refractivity contribution in [3.8, 4) is 11.5 Å². The van der Waals surface area contributed by atoms with Crippen molar-refractivity contribution in [1.29, 1.82) is 0 Å². The molecule has 4 nitrogen and oxygen atoms in total. The van der Waals surface area contributed by atoms with E-state index in [9.17, 15) is 9.90 Å². The molecule has 0 aliphatic carbocycles. The zero-order valence-corrected chi connectivity index (χ0v) is 20.2. The quantitative estimate of drug-likeness (QED) is 0.262. The number of hydrogen-bond donors (Lipinski definition) is 1. The van der Waals surface area contributed by atoms with Crippen LogP contribution in [0.25, 0.3) is 0 Å². The van der Waals surface area contributed by atoms with Crippen LogP contribution in [0.1, 0.15) is 47.7 Å². The molecule has 1 unspecified atom stereocenters. The molecule has 1 N–H and O–H groups in total. The van der Waals surface area contributed by atoms with Gasteiger partial charge in [0.1, 0.15) is 11.5 Å². The molecular weight excluding hydrogens is 434 g/mol. The van der Waals surface area contributed by atoms with Gasteiger partial charge < -0.3 is 9.84 Å². The number of benzene rings is 4. The molecule has 0 amide bonds. The fourth-order valence-electron chi connectivity index (χ4n) is 4.38. The topological polar surface area (TPSA) is 49.8 Å². The Hall–Kier alpha value is -3.89. The van der Waals surface area contributed by atoms with E-state index in [1.165, 1.54) is 0 Å². The molecule has 0 saturated carbocycles. The number of rotatable bonds is 10. The molecule has 0 aromatic heterocycles. The van der Waals surface area contributed by atoms with Gasteiger partial charge in [-0.25, -0.2) is 0 Å². The average molecular weight is 466 g/mol. The average Bonchev–Trinajstić information content (AvgIpc) is 2.88. The van der Waals surface area contributed by atoms with Crippen LogP contribution in [0.4, 0.5) is 0 Å². The molecule has 2 atom stereocenters. The Morgan fingerprint density at radius 1 is 0.800 bits per heavy atom. The summed E-state index contributed by atoms with van der Waals surface area (Å²) in [4.78, 5) is 14.3. The van der Waals surface area contributed by atoms with Gasteiger partial charge in [0.2, 0.25) is 0 Å². The van der Waals surface area contributed by atoms with Gasteiger partial charge in [0.15, 0.2) is 0 Å². The fraction of sp³-hybridized carbons (Fsp3) is 0.194. The smallest absolute Gasteiger partial charge is 0.305 e. The van der Waals surface area contributed by atoms with Gasteiger partial charge in [0, 0.05) is 18.6 Å². The van der Waals surface area contributed by atoms with Crippen molar-refractivity contribution in [2.45, 2.75) is 38.9 Å². The summed E-state index contributed by atoms with van der Waals surface area (Å²) in [6, 6.07) is 35.9. The lowest BCUT2D eigenvalue weighted by atomic mass is 9.96. The number of carboxylic acids is 1. The first-order chi connectivity index (χ1) is 17.0. The minimum atomic E-state index is -0.825. The highest BCUT2D eigenvalue weighted by Crippen LogP contribution is 2.36. The zero-order valence-electron chi connectivity index (χ0n) is 20.2. The first-order valence-corrected chi connectivity index (χ1v) is 11.9. The van der Waals surface area contributed by atoms with Gasteiger partial charge in [-0.05, 0) is 54.3 Å². The minimum absolute atomic E-state index is 0.00199. The van der Waals surface area contributed by atoms with Crippen molar-refractivity contribution < 1.29 is 14.6 Å². The van der Waals surface area contributed by atoms with Crippen molar-refractivity contribution >= 4 is 5.97 Å². The molecule has 0 radical (unpaired) electrons. The molecule has 0 bridgehead atoms. The Labute approximate surface area is 207 Å². The van der Waals surface area contributed by atoms with Crippen molar-refractivity contribution in [2.75, 3.05) is 0 Å². The summed E-state index contributed by atoms with van der Waals surface area (Å²) in [6.07, 6.45) is 0.00199. The number of hydrogen-bond acceptors (Lipinski definition) is 3. The SMILES string of the molecule is Cc1ccccc1Oc1ccc(C(CC(=O)O)N(Cc2ccccc2)[C@H](C)c2ccccc2)cc1. The molecule has 0 aliphatic rings. The van der Waals surface area contributed by atoms with Crippen LogP contribution in [0.5, 0.6) is 11.5 Å². The molecule has 4 heteroatoms. The summed E-state index contributed by atoms with van der Waals surface area (Å²) in [6.45, 7) is 4.79. The predicted octanol–water partition coefficient (Wildman–Crippen LogP) is 7.57. The van der Waals surface area contributed by atoms with E-state index in [-0.39, 0.29) is 18.5 Å². The van der Waals surface area contributed by atoms with Crippen LogP contribution in [0.15, 0.2) is 109 Å². The van der Waals surface area contributed by atoms with Crippen LogP contribution in [-0.2, 0) is 11.3 Å². The first-order valence-electron chi connectivity index (χ1n) is 11.9. The van der Waals surface area contributed by atoms with E-state index >= 15 is 0 Å². The summed E-state index contributed by atoms with van der Waals surface area (Å²) >= 11 is 0. The van der Waals surface area contributed by atoms with Crippen molar-refractivity contribution in [1.82, 2.24) is 4.90 Å². The maximum absolute atomic E-state index is 12.0. The Morgan fingerprint density at radius 3 is 2.03 bits per heavy atom. The van der Waals surface area contributed by atoms with E-state index in [1.807, 2.05) is 91.9 Å². The molecule has 0 saturated heterocycles. The largest absolute Gasteiger partial charge is 0.481 e. The van der Waals surface area contributed by atoms with E-state index in [2.05, 4.69) is 36.1 Å². The Kier molecular flexibility index (Phi) is 7.96. The van der Waals surface area contributed by atoms with Gasteiger partial charge in [-0.2, -0.15) is 0 Å². The number of para-hydroxylation sites is 1. The molecule has 0 fully saturated rings. The molecule has 4 aromatic rings. The summed E-state index contributed by atoms with van der Waals surface area (Å²) in [5.74, 6) is 0.710. The van der Waals surface area contributed by atoms with Crippen LogP contribution in [-0.4, -0.2) is 16.0 Å². The lowest BCUT2D eigenvalue weighted by Crippen LogP contribution is -2.32. The minimum Gasteiger partial charge on any atom is -0.481 e. The molecular formula is C31H31NO3. The highest BCUT2D eigenvalue weighted by atomic mass is 16.5. The molecule has 0 heterocycles. The standard InChI is InChI=1S/C31H31NO3/c1-23-11-9-10-16-30(23)35-28-19-17-27(18-20-28)29(21-31(33)34)32(22-25-12-5-3-6-13-25)24(2)26-14-7-4-8-15-26/h3-20,24,29H,21-22H2,1-2H3,(H,33,34)/t24-,29?/m1/s1. The van der Waals surface area contributed by atoms with Crippen molar-refractivity contribution in [3.63, 3.8) is 0 Å². The summed E-state index contributed by atoms with van der Waals surface area (Å²) < 4.78 is 6.07. The lowest BCUT2D eigenvalue weighted by molar-refractivity contribution is -0.138. The van der Waals surface area contributed by atoms with E-state index in [0.29, 0.717) is 6.54 Å². The van der Waals surface area contributed by atoms with Crippen molar-refractivity contribution in [3.05, 3.63) is 131 Å². The third-order valence-electron chi connectivity index (χ3n) is 6.34. The highest BCUT2D eigenvalue weighted by molar-refractivity contribution is 5.68. The highest BCUT2D eigenvalue weighted by Gasteiger charge is 2.28. The van der Waals surface area contributed by atoms with Crippen LogP contribution < -0.4 is 4.74 Å². The van der Waals surface area contributed by atoms with E-state index < -0.39 is 5.97 Å². The molecule has 4 aromatic carbocycles. The molecule has 0 aliphatic heterocycles. The third-order valence-corrected chi connectivity index (χ3v) is 6.34. The number of carbonyl (C=O) groups is 1. The van der Waals surface area contributed by atoms with E-state index in [4.69, 9.17) is 4.74 Å². The number of nitrogens with zero attached hydrogens (tertiary/aromatic N) is 1. The first kappa shape index (κ1) is 24.2. The summed E-state index contributed by atoms with van der Waals surface area (Å²) in [5, 5.41) is 9.84. The van der Waals surface area contributed by atoms with E-state index in [1.54, 1.807) is 0 Å². The van der Waals surface area contributed by atoms with Gasteiger partial charge >= 0.3 is 5.97 Å². The van der Waals surface area contributed by atoms with Gasteiger partial charge in [-0.1, -0.05) is 91.0 Å². The van der Waals surface area contributed by atoms with Crippen LogP contribution >= 0.6 is 0 Å². The monoisotopic (exact) mass is 465 g/mol. The van der Waals surface area contributed by atoms with Gasteiger partial charge in [-0.3, -0.25) is 9.69 Å². The van der Waals surface area contributed by atoms with Crippen LogP contribution in [0.3, 0.4) is 0 Å². The van der Waals surface area contributed by atoms with Gasteiger partial charge in [-0.15, -0.1) is 0 Å². The normalized spacial score (nSPS) is 12.8. The second kappa shape index (κ2) is 11.5. The summed E-state index contributed by atoms with van der Waals surface area (Å²) in [5.41, 5.74) is 4.30. The van der Waals surface area contributed by atoms with Crippen molar-refractivity contribution in [2.24, 2.45) is 0 Å². The maximum atomic E-state index is 12.0. The number of ether oxygens (including phenoxy) is 1. The summed E-state index contributed by atoms with van der Waals surface area (Å²) in [7, 11) is 0. The fourth-order valence-corrected chi connectivity index (χ4v) is 4.38. The van der Waals surface area contributed by atoms with E-state index in [0.717, 1.165) is 33.8 Å². The third kappa shape index (κ3) is 6.37. The number of aryl methyl sites for hydroxylation is 1. The molecule has 4 rings (SSSR count). The molecule has 178 valence electrons. The van der Waals surface area contributed by atoms with Gasteiger partial charge in [0.25, 0.3) is 0 Å². The maximum Gasteiger partial charge on any atom is 0.305 e. The predicted molar refractivity (Wildman–Crippen MR) is 140 cm³/mol. The Bertz CT molecular complexity index is 1220. The second-order valence-electron chi connectivity index (χ2n) is 8.79. The zero-order chi connectivity index (χ0) is 24.6. The van der Waals surface area contributed by atoms with Crippen LogP contribution in [0.2, 0.25) is 0 Å². The molecule has 35 heavy (non-hydrogen) atoms. The number of aliphatic carboxylic acids is 1. The second-order valence-corrected chi connectivity index (χ2v) is 8.79. The molecule has 0 spiro atoms. The number of carboxylic acid groups (broad SMARTS) is 1. The van der Waals surface area contributed by atoms with Crippen LogP contribution in [0, 0.1) is 6.92 Å². The Balaban J connectivity index is 1.67. The Morgan fingerprint density at radius 2 is 1.40 bits per heavy atom. The lowest BCUT2D eigenvalue weighted by Gasteiger charge is -2.36.